The van der Waals surface area contributed by atoms with Crippen LogP contribution in [0.15, 0.2) is 42.7 Å². The lowest BCUT2D eigenvalue weighted by Crippen LogP contribution is -2.11. The first-order valence-electron chi connectivity index (χ1n) is 6.81. The number of aromatic nitrogens is 3. The van der Waals surface area contributed by atoms with Gasteiger partial charge in [0.05, 0.1) is 5.69 Å². The van der Waals surface area contributed by atoms with Gasteiger partial charge in [-0.2, -0.15) is 4.98 Å². The number of fused-ring (bicyclic) bond motifs is 1. The number of aryl methyl sites for hydroxylation is 1. The molecule has 0 bridgehead atoms. The summed E-state index contributed by atoms with van der Waals surface area (Å²) in [5.41, 5.74) is 3.30. The summed E-state index contributed by atoms with van der Waals surface area (Å²) in [5.74, 6) is 1.57. The maximum Gasteiger partial charge on any atom is 0.236 e. The minimum absolute atomic E-state index is 0.358. The number of anilines is 1. The zero-order valence-corrected chi connectivity index (χ0v) is 12.0. The van der Waals surface area contributed by atoms with E-state index in [0.717, 1.165) is 17.1 Å². The van der Waals surface area contributed by atoms with Crippen molar-refractivity contribution in [3.05, 3.63) is 48.3 Å². The summed E-state index contributed by atoms with van der Waals surface area (Å²) in [5, 5.41) is 3.29. The molecule has 3 aromatic rings. The Bertz CT molecular complexity index is 743. The molecule has 0 saturated carbocycles. The predicted octanol–water partition coefficient (Wildman–Crippen LogP) is 3.53. The zero-order valence-electron chi connectivity index (χ0n) is 12.0. The summed E-state index contributed by atoms with van der Waals surface area (Å²) in [7, 11) is 0. The minimum Gasteiger partial charge on any atom is -0.368 e. The molecule has 102 valence electrons. The fourth-order valence-electron chi connectivity index (χ4n) is 2.19. The lowest BCUT2D eigenvalue weighted by molar-refractivity contribution is 0.887. The zero-order chi connectivity index (χ0) is 14.1. The third-order valence-electron chi connectivity index (χ3n) is 3.08. The SMILES string of the molecule is Cc1cccc(-c2cn3ccc(NC(C)C)nc3n2)c1. The molecule has 0 unspecified atom stereocenters. The van der Waals surface area contributed by atoms with Crippen molar-refractivity contribution in [3.8, 4) is 11.3 Å². The third-order valence-corrected chi connectivity index (χ3v) is 3.08. The number of nitrogens with one attached hydrogen (secondary N) is 1. The van der Waals surface area contributed by atoms with Crippen LogP contribution in [0.3, 0.4) is 0 Å². The highest BCUT2D eigenvalue weighted by Gasteiger charge is 2.06. The molecule has 4 nitrogen and oxygen atoms in total. The van der Waals surface area contributed by atoms with Crippen LogP contribution in [0, 0.1) is 6.92 Å². The highest BCUT2D eigenvalue weighted by Crippen LogP contribution is 2.20. The summed E-state index contributed by atoms with van der Waals surface area (Å²) in [6, 6.07) is 10.7. The number of imidazole rings is 1. The number of hydrogen-bond donors (Lipinski definition) is 1. The summed E-state index contributed by atoms with van der Waals surface area (Å²) in [6.07, 6.45) is 4.00. The van der Waals surface area contributed by atoms with Gasteiger partial charge in [0.2, 0.25) is 5.78 Å². The number of benzene rings is 1. The lowest BCUT2D eigenvalue weighted by Gasteiger charge is -2.07. The Kier molecular flexibility index (Phi) is 3.14. The molecule has 2 heterocycles. The van der Waals surface area contributed by atoms with Crippen molar-refractivity contribution in [2.24, 2.45) is 0 Å². The molecule has 0 aliphatic heterocycles. The maximum atomic E-state index is 4.60. The molecule has 1 aromatic carbocycles. The van der Waals surface area contributed by atoms with E-state index in [1.807, 2.05) is 28.9 Å². The van der Waals surface area contributed by atoms with E-state index < -0.39 is 0 Å². The van der Waals surface area contributed by atoms with Crippen LogP contribution >= 0.6 is 0 Å². The van der Waals surface area contributed by atoms with Crippen LogP contribution < -0.4 is 5.32 Å². The molecule has 0 saturated heterocycles. The van der Waals surface area contributed by atoms with Gasteiger partial charge in [-0.25, -0.2) is 4.98 Å². The molecule has 2 aromatic heterocycles. The van der Waals surface area contributed by atoms with Gasteiger partial charge in [0.1, 0.15) is 5.82 Å². The van der Waals surface area contributed by atoms with Gasteiger partial charge in [0, 0.05) is 24.0 Å². The Hall–Kier alpha value is -2.36. The molecule has 20 heavy (non-hydrogen) atoms. The Balaban J connectivity index is 2.02. The Morgan fingerprint density at radius 3 is 2.75 bits per heavy atom. The van der Waals surface area contributed by atoms with Crippen LogP contribution in [-0.2, 0) is 0 Å². The van der Waals surface area contributed by atoms with Gasteiger partial charge < -0.3 is 5.32 Å². The fourth-order valence-corrected chi connectivity index (χ4v) is 2.19. The van der Waals surface area contributed by atoms with Gasteiger partial charge in [0.25, 0.3) is 0 Å². The normalized spacial score (nSPS) is 11.2. The second-order valence-electron chi connectivity index (χ2n) is 5.31. The van der Waals surface area contributed by atoms with Crippen molar-refractivity contribution < 1.29 is 0 Å². The van der Waals surface area contributed by atoms with Crippen molar-refractivity contribution in [1.82, 2.24) is 14.4 Å². The monoisotopic (exact) mass is 266 g/mol. The van der Waals surface area contributed by atoms with E-state index in [1.165, 1.54) is 5.56 Å². The van der Waals surface area contributed by atoms with E-state index in [2.05, 4.69) is 54.3 Å². The average Bonchev–Trinajstić information content (AvgIpc) is 2.81. The van der Waals surface area contributed by atoms with E-state index in [1.54, 1.807) is 0 Å². The van der Waals surface area contributed by atoms with Crippen LogP contribution in [0.2, 0.25) is 0 Å². The standard InChI is InChI=1S/C16H18N4/c1-11(2)17-15-7-8-20-10-14(18-16(20)19-15)13-6-4-5-12(3)9-13/h4-11H,1-3H3,(H,17,18,19). The van der Waals surface area contributed by atoms with Crippen molar-refractivity contribution in [2.75, 3.05) is 5.32 Å². The first kappa shape index (κ1) is 12.7. The highest BCUT2D eigenvalue weighted by molar-refractivity contribution is 5.62. The van der Waals surface area contributed by atoms with Gasteiger partial charge in [0.15, 0.2) is 0 Å². The van der Waals surface area contributed by atoms with E-state index in [4.69, 9.17) is 0 Å². The van der Waals surface area contributed by atoms with Crippen LogP contribution in [0.5, 0.6) is 0 Å². The summed E-state index contributed by atoms with van der Waals surface area (Å²) in [6.45, 7) is 6.27. The van der Waals surface area contributed by atoms with Gasteiger partial charge in [-0.1, -0.05) is 23.8 Å². The Morgan fingerprint density at radius 2 is 2.00 bits per heavy atom. The fraction of sp³-hybridized carbons (Fsp3) is 0.250. The van der Waals surface area contributed by atoms with E-state index in [0.29, 0.717) is 11.8 Å². The lowest BCUT2D eigenvalue weighted by atomic mass is 10.1. The number of hydrogen-bond acceptors (Lipinski definition) is 3. The molecule has 3 rings (SSSR count). The molecular formula is C16H18N4. The highest BCUT2D eigenvalue weighted by atomic mass is 15.1. The maximum absolute atomic E-state index is 4.60. The Labute approximate surface area is 118 Å². The molecule has 0 aliphatic rings. The molecule has 0 aliphatic carbocycles. The van der Waals surface area contributed by atoms with E-state index in [-0.39, 0.29) is 0 Å². The molecule has 1 N–H and O–H groups in total. The average molecular weight is 266 g/mol. The molecular weight excluding hydrogens is 248 g/mol. The van der Waals surface area contributed by atoms with E-state index in [9.17, 15) is 0 Å². The topological polar surface area (TPSA) is 42.2 Å². The second kappa shape index (κ2) is 4.96. The van der Waals surface area contributed by atoms with Gasteiger partial charge in [-0.05, 0) is 32.9 Å². The second-order valence-corrected chi connectivity index (χ2v) is 5.31. The molecule has 0 amide bonds. The number of nitrogens with zero attached hydrogens (tertiary/aromatic N) is 3. The van der Waals surface area contributed by atoms with E-state index >= 15 is 0 Å². The predicted molar refractivity (Wildman–Crippen MR) is 81.9 cm³/mol. The molecule has 4 heteroatoms. The minimum atomic E-state index is 0.358. The summed E-state index contributed by atoms with van der Waals surface area (Å²) >= 11 is 0. The first-order valence-corrected chi connectivity index (χ1v) is 6.81. The summed E-state index contributed by atoms with van der Waals surface area (Å²) < 4.78 is 1.95. The van der Waals surface area contributed by atoms with Crippen molar-refractivity contribution in [2.45, 2.75) is 26.8 Å². The van der Waals surface area contributed by atoms with Crippen LogP contribution in [0.25, 0.3) is 17.0 Å². The van der Waals surface area contributed by atoms with Gasteiger partial charge >= 0.3 is 0 Å². The van der Waals surface area contributed by atoms with Crippen molar-refractivity contribution in [1.29, 1.82) is 0 Å². The largest absolute Gasteiger partial charge is 0.368 e. The Morgan fingerprint density at radius 1 is 1.15 bits per heavy atom. The van der Waals surface area contributed by atoms with Crippen LogP contribution in [0.4, 0.5) is 5.82 Å². The number of rotatable bonds is 3. The van der Waals surface area contributed by atoms with Crippen molar-refractivity contribution >= 4 is 11.6 Å². The van der Waals surface area contributed by atoms with Crippen LogP contribution in [-0.4, -0.2) is 20.4 Å². The first-order chi connectivity index (χ1) is 9.61. The molecule has 0 spiro atoms. The quantitative estimate of drug-likeness (QED) is 0.788. The van der Waals surface area contributed by atoms with Gasteiger partial charge in [-0.3, -0.25) is 4.40 Å². The smallest absolute Gasteiger partial charge is 0.236 e. The van der Waals surface area contributed by atoms with Gasteiger partial charge in [-0.15, -0.1) is 0 Å². The molecule has 0 fully saturated rings. The summed E-state index contributed by atoms with van der Waals surface area (Å²) in [4.78, 5) is 9.13. The third kappa shape index (κ3) is 2.50. The molecule has 0 radical (unpaired) electrons. The van der Waals surface area contributed by atoms with Crippen molar-refractivity contribution in [3.63, 3.8) is 0 Å². The van der Waals surface area contributed by atoms with Crippen LogP contribution in [0.1, 0.15) is 19.4 Å². The molecule has 0 atom stereocenters.